The molecule has 0 spiro atoms. The van der Waals surface area contributed by atoms with Crippen LogP contribution >= 0.6 is 11.3 Å². The molecule has 53 valence electrons. The standard InChI is InChI=1S/C7H8NOS/c1-5(8)7(9)6-3-2-4-10-6/h2-5H,1,8H2. The lowest BCUT2D eigenvalue weighted by atomic mass is 10.2. The Bertz CT molecular complexity index is 216. The van der Waals surface area contributed by atoms with Gasteiger partial charge in [0.1, 0.15) is 0 Å². The lowest BCUT2D eigenvalue weighted by Gasteiger charge is -1.98. The molecule has 0 aliphatic heterocycles. The van der Waals surface area contributed by atoms with Crippen LogP contribution in [0.3, 0.4) is 0 Å². The van der Waals surface area contributed by atoms with Crippen LogP contribution in [0.15, 0.2) is 17.5 Å². The minimum atomic E-state index is -0.626. The predicted octanol–water partition coefficient (Wildman–Crippen LogP) is 1.09. The number of thiophene rings is 1. The Morgan fingerprint density at radius 2 is 2.50 bits per heavy atom. The molecule has 0 aromatic carbocycles. The van der Waals surface area contributed by atoms with E-state index in [2.05, 4.69) is 6.92 Å². The van der Waals surface area contributed by atoms with Crippen molar-refractivity contribution < 1.29 is 4.79 Å². The van der Waals surface area contributed by atoms with Gasteiger partial charge >= 0.3 is 0 Å². The minimum Gasteiger partial charge on any atom is -0.321 e. The Morgan fingerprint density at radius 1 is 1.80 bits per heavy atom. The van der Waals surface area contributed by atoms with Crippen molar-refractivity contribution in [2.24, 2.45) is 5.73 Å². The molecule has 2 nitrogen and oxygen atoms in total. The van der Waals surface area contributed by atoms with Crippen LogP contribution < -0.4 is 5.73 Å². The fraction of sp³-hybridized carbons (Fsp3) is 0.143. The van der Waals surface area contributed by atoms with Crippen molar-refractivity contribution in [2.75, 3.05) is 0 Å². The number of carbonyl (C=O) groups is 1. The Kier molecular flexibility index (Phi) is 2.19. The van der Waals surface area contributed by atoms with E-state index >= 15 is 0 Å². The van der Waals surface area contributed by atoms with Crippen LogP contribution in [0.25, 0.3) is 0 Å². The van der Waals surface area contributed by atoms with E-state index in [-0.39, 0.29) is 5.78 Å². The molecule has 0 saturated carbocycles. The lowest BCUT2D eigenvalue weighted by Crippen LogP contribution is -2.26. The zero-order valence-electron chi connectivity index (χ0n) is 5.41. The molecule has 10 heavy (non-hydrogen) atoms. The number of carbonyl (C=O) groups excluding carboxylic acids is 1. The van der Waals surface area contributed by atoms with Crippen molar-refractivity contribution in [2.45, 2.75) is 6.04 Å². The molecule has 0 fully saturated rings. The van der Waals surface area contributed by atoms with Gasteiger partial charge in [-0.1, -0.05) is 6.07 Å². The second-order valence-electron chi connectivity index (χ2n) is 1.95. The summed E-state index contributed by atoms with van der Waals surface area (Å²) >= 11 is 1.39. The molecule has 1 atom stereocenters. The van der Waals surface area contributed by atoms with Crippen molar-refractivity contribution in [3.63, 3.8) is 0 Å². The fourth-order valence-electron chi connectivity index (χ4n) is 0.601. The highest BCUT2D eigenvalue weighted by Gasteiger charge is 2.10. The molecule has 1 aromatic rings. The smallest absolute Gasteiger partial charge is 0.189 e. The van der Waals surface area contributed by atoms with Gasteiger partial charge in [-0.05, 0) is 18.4 Å². The first-order chi connectivity index (χ1) is 4.72. The number of nitrogens with two attached hydrogens (primary N) is 1. The molecular weight excluding hydrogens is 146 g/mol. The van der Waals surface area contributed by atoms with Crippen molar-refractivity contribution in [1.82, 2.24) is 0 Å². The Labute approximate surface area is 63.7 Å². The summed E-state index contributed by atoms with van der Waals surface area (Å²) in [4.78, 5) is 11.7. The summed E-state index contributed by atoms with van der Waals surface area (Å²) in [7, 11) is 0. The molecule has 1 radical (unpaired) electrons. The first-order valence-electron chi connectivity index (χ1n) is 2.88. The summed E-state index contributed by atoms with van der Waals surface area (Å²) in [6, 6.07) is 2.94. The molecule has 0 saturated heterocycles. The van der Waals surface area contributed by atoms with Crippen LogP contribution in [0.5, 0.6) is 0 Å². The Morgan fingerprint density at radius 3 is 2.90 bits per heavy atom. The van der Waals surface area contributed by atoms with Gasteiger partial charge in [-0.2, -0.15) is 0 Å². The Hall–Kier alpha value is -0.670. The van der Waals surface area contributed by atoms with Gasteiger partial charge in [0.15, 0.2) is 5.78 Å². The average Bonchev–Trinajstić information content (AvgIpc) is 2.36. The highest BCUT2D eigenvalue weighted by atomic mass is 32.1. The maximum absolute atomic E-state index is 11.0. The van der Waals surface area contributed by atoms with Gasteiger partial charge in [-0.3, -0.25) is 4.79 Å². The SMILES string of the molecule is [CH2]C(N)C(=O)c1cccs1. The third-order valence-electron chi connectivity index (χ3n) is 1.10. The van der Waals surface area contributed by atoms with Gasteiger partial charge in [0, 0.05) is 0 Å². The van der Waals surface area contributed by atoms with Crippen LogP contribution in [0.1, 0.15) is 9.67 Å². The topological polar surface area (TPSA) is 43.1 Å². The normalized spacial score (nSPS) is 13.0. The molecule has 0 amide bonds. The number of ketones is 1. The number of rotatable bonds is 2. The monoisotopic (exact) mass is 154 g/mol. The van der Waals surface area contributed by atoms with E-state index in [1.807, 2.05) is 11.4 Å². The second-order valence-corrected chi connectivity index (χ2v) is 2.90. The third-order valence-corrected chi connectivity index (χ3v) is 1.99. The van der Waals surface area contributed by atoms with E-state index in [4.69, 9.17) is 5.73 Å². The molecule has 0 aliphatic rings. The van der Waals surface area contributed by atoms with E-state index in [0.717, 1.165) is 0 Å². The summed E-state index contributed by atoms with van der Waals surface area (Å²) in [6.45, 7) is 3.43. The average molecular weight is 154 g/mol. The molecule has 1 aromatic heterocycles. The molecule has 0 aliphatic carbocycles. The predicted molar refractivity (Wildman–Crippen MR) is 42.0 cm³/mol. The summed E-state index contributed by atoms with van der Waals surface area (Å²) in [5, 5.41) is 1.84. The minimum absolute atomic E-state index is 0.0880. The molecule has 3 heteroatoms. The third kappa shape index (κ3) is 1.43. The largest absolute Gasteiger partial charge is 0.321 e. The molecule has 1 heterocycles. The summed E-state index contributed by atoms with van der Waals surface area (Å²) in [5.74, 6) is -0.0880. The maximum Gasteiger partial charge on any atom is 0.189 e. The van der Waals surface area contributed by atoms with Crippen molar-refractivity contribution in [1.29, 1.82) is 0 Å². The van der Waals surface area contributed by atoms with E-state index in [0.29, 0.717) is 4.88 Å². The number of hydrogen-bond donors (Lipinski definition) is 1. The number of hydrogen-bond acceptors (Lipinski definition) is 3. The van der Waals surface area contributed by atoms with E-state index in [1.165, 1.54) is 11.3 Å². The van der Waals surface area contributed by atoms with Crippen LogP contribution in [-0.4, -0.2) is 11.8 Å². The highest BCUT2D eigenvalue weighted by molar-refractivity contribution is 7.12. The van der Waals surface area contributed by atoms with Crippen LogP contribution in [-0.2, 0) is 0 Å². The van der Waals surface area contributed by atoms with Gasteiger partial charge in [0.25, 0.3) is 0 Å². The second kappa shape index (κ2) is 2.94. The van der Waals surface area contributed by atoms with Crippen molar-refractivity contribution in [3.8, 4) is 0 Å². The summed E-state index contributed by atoms with van der Waals surface area (Å²) in [6.07, 6.45) is 0. The van der Waals surface area contributed by atoms with Crippen LogP contribution in [0.4, 0.5) is 0 Å². The molecule has 0 bridgehead atoms. The lowest BCUT2D eigenvalue weighted by molar-refractivity contribution is 0.0981. The number of Topliss-reactive ketones (excluding diaryl/α,β-unsaturated/α-hetero) is 1. The summed E-state index contributed by atoms with van der Waals surface area (Å²) < 4.78 is 0. The van der Waals surface area contributed by atoms with E-state index < -0.39 is 6.04 Å². The Balaban J connectivity index is 2.78. The van der Waals surface area contributed by atoms with Gasteiger partial charge < -0.3 is 5.73 Å². The fourth-order valence-corrected chi connectivity index (χ4v) is 1.33. The van der Waals surface area contributed by atoms with Gasteiger partial charge in [-0.15, -0.1) is 11.3 Å². The molecule has 2 N–H and O–H groups in total. The zero-order chi connectivity index (χ0) is 7.56. The highest BCUT2D eigenvalue weighted by Crippen LogP contribution is 2.09. The first kappa shape index (κ1) is 7.44. The van der Waals surface area contributed by atoms with Gasteiger partial charge in [0.05, 0.1) is 10.9 Å². The molecule has 1 unspecified atom stereocenters. The van der Waals surface area contributed by atoms with Gasteiger partial charge in [0.2, 0.25) is 0 Å². The van der Waals surface area contributed by atoms with Crippen LogP contribution in [0, 0.1) is 6.92 Å². The van der Waals surface area contributed by atoms with Crippen molar-refractivity contribution in [3.05, 3.63) is 29.3 Å². The summed E-state index contributed by atoms with van der Waals surface area (Å²) in [5.41, 5.74) is 5.27. The zero-order valence-corrected chi connectivity index (χ0v) is 6.23. The maximum atomic E-state index is 11.0. The van der Waals surface area contributed by atoms with E-state index in [9.17, 15) is 4.79 Å². The molecular formula is C7H8NOS. The first-order valence-corrected chi connectivity index (χ1v) is 3.76. The quantitative estimate of drug-likeness (QED) is 0.648. The van der Waals surface area contributed by atoms with Gasteiger partial charge in [-0.25, -0.2) is 0 Å². The molecule has 1 rings (SSSR count). The van der Waals surface area contributed by atoms with Crippen molar-refractivity contribution >= 4 is 17.1 Å². The van der Waals surface area contributed by atoms with Crippen LogP contribution in [0.2, 0.25) is 0 Å². The van der Waals surface area contributed by atoms with E-state index in [1.54, 1.807) is 6.07 Å².